The fraction of sp³-hybridized carbons (Fsp3) is 0.235. The van der Waals surface area contributed by atoms with Crippen LogP contribution in [0.4, 0.5) is 14.5 Å². The number of sulfonamides is 1. The molecule has 2 N–H and O–H groups in total. The van der Waals surface area contributed by atoms with Crippen molar-refractivity contribution in [2.24, 2.45) is 0 Å². The number of hydrogen-bond donors (Lipinski definition) is 2. The molecule has 4 aromatic carbocycles. The average molecular weight is 650 g/mol. The van der Waals surface area contributed by atoms with Crippen LogP contribution in [-0.2, 0) is 30.9 Å². The van der Waals surface area contributed by atoms with Crippen molar-refractivity contribution in [3.05, 3.63) is 126 Å². The predicted molar refractivity (Wildman–Crippen MR) is 167 cm³/mol. The van der Waals surface area contributed by atoms with Crippen molar-refractivity contribution in [2.45, 2.75) is 36.4 Å². The largest absolute Gasteiger partial charge is 0.484 e. The van der Waals surface area contributed by atoms with Gasteiger partial charge in [-0.2, -0.15) is 0 Å². The topological polar surface area (TPSA) is 114 Å². The number of carbonyl (C=O) groups excluding carboxylic acids is 2. The second-order valence-corrected chi connectivity index (χ2v) is 12.4. The van der Waals surface area contributed by atoms with E-state index < -0.39 is 46.1 Å². The predicted octanol–water partition coefficient (Wildman–Crippen LogP) is 5.21. The van der Waals surface area contributed by atoms with E-state index in [9.17, 15) is 26.8 Å². The molecule has 9 nitrogen and oxygen atoms in total. The van der Waals surface area contributed by atoms with Gasteiger partial charge >= 0.3 is 0 Å². The van der Waals surface area contributed by atoms with Crippen molar-refractivity contribution in [1.29, 1.82) is 0 Å². The molecular formula is C34H33F2N3O6S. The lowest BCUT2D eigenvalue weighted by molar-refractivity contribution is -0.143. The van der Waals surface area contributed by atoms with Crippen LogP contribution in [0.15, 0.2) is 108 Å². The summed E-state index contributed by atoms with van der Waals surface area (Å²) in [5, 5.41) is 2.93. The summed E-state index contributed by atoms with van der Waals surface area (Å²) in [6.45, 7) is 0.445. The fourth-order valence-corrected chi connectivity index (χ4v) is 6.07. The van der Waals surface area contributed by atoms with Gasteiger partial charge in [-0.05, 0) is 84.6 Å². The van der Waals surface area contributed by atoms with Crippen molar-refractivity contribution in [1.82, 2.24) is 10.2 Å². The number of anilines is 1. The fourth-order valence-electron chi connectivity index (χ4n) is 5.01. The van der Waals surface area contributed by atoms with Crippen molar-refractivity contribution >= 4 is 27.5 Å². The highest BCUT2D eigenvalue weighted by Gasteiger charge is 2.32. The van der Waals surface area contributed by atoms with E-state index >= 15 is 0 Å². The SMILES string of the molecule is O=C(NC[C@@H]1CCCO1)[C@@H](c1ccccc1)N(Cc1ccc(F)cc1)C(=O)COc1ccc(S(=O)(=O)Nc2ccc(F)cc2)cc1. The number of hydrogen-bond acceptors (Lipinski definition) is 6. The summed E-state index contributed by atoms with van der Waals surface area (Å²) in [6, 6.07) is 23.8. The molecule has 2 atom stereocenters. The van der Waals surface area contributed by atoms with Crippen LogP contribution in [0.1, 0.15) is 30.0 Å². The first-order chi connectivity index (χ1) is 22.2. The van der Waals surface area contributed by atoms with Crippen LogP contribution in [0.2, 0.25) is 0 Å². The molecule has 0 saturated carbocycles. The number of benzene rings is 4. The van der Waals surface area contributed by atoms with Gasteiger partial charge in [0.1, 0.15) is 23.4 Å². The van der Waals surface area contributed by atoms with Crippen molar-refractivity contribution in [2.75, 3.05) is 24.5 Å². The lowest BCUT2D eigenvalue weighted by atomic mass is 10.0. The first-order valence-corrected chi connectivity index (χ1v) is 16.2. The van der Waals surface area contributed by atoms with E-state index in [4.69, 9.17) is 9.47 Å². The van der Waals surface area contributed by atoms with Crippen LogP contribution in [0, 0.1) is 11.6 Å². The van der Waals surface area contributed by atoms with Crippen LogP contribution in [0.5, 0.6) is 5.75 Å². The van der Waals surface area contributed by atoms with Crippen molar-refractivity contribution < 1.29 is 36.3 Å². The van der Waals surface area contributed by atoms with E-state index in [0.29, 0.717) is 24.3 Å². The minimum absolute atomic E-state index is 0.0123. The third-order valence-corrected chi connectivity index (χ3v) is 8.78. The van der Waals surface area contributed by atoms with Gasteiger partial charge in [0.2, 0.25) is 5.91 Å². The van der Waals surface area contributed by atoms with Crippen molar-refractivity contribution in [3.63, 3.8) is 0 Å². The molecule has 1 aliphatic heterocycles. The molecule has 46 heavy (non-hydrogen) atoms. The molecule has 240 valence electrons. The Balaban J connectivity index is 1.33. The molecule has 1 saturated heterocycles. The Morgan fingerprint density at radius 3 is 2.17 bits per heavy atom. The lowest BCUT2D eigenvalue weighted by Gasteiger charge is -2.32. The van der Waals surface area contributed by atoms with E-state index in [-0.39, 0.29) is 29.0 Å². The third kappa shape index (κ3) is 8.67. The Hall–Kier alpha value is -4.81. The monoisotopic (exact) mass is 649 g/mol. The van der Waals surface area contributed by atoms with Crippen LogP contribution >= 0.6 is 0 Å². The Bertz CT molecular complexity index is 1720. The maximum atomic E-state index is 13.8. The number of amides is 2. The van der Waals surface area contributed by atoms with Crippen LogP contribution in [-0.4, -0.2) is 51.0 Å². The average Bonchev–Trinajstić information content (AvgIpc) is 3.59. The van der Waals surface area contributed by atoms with Gasteiger partial charge in [0.15, 0.2) is 6.61 Å². The van der Waals surface area contributed by atoms with Crippen LogP contribution < -0.4 is 14.8 Å². The second kappa shape index (κ2) is 15.0. The molecule has 0 radical (unpaired) electrons. The van der Waals surface area contributed by atoms with Gasteiger partial charge in [0, 0.05) is 25.4 Å². The zero-order valence-electron chi connectivity index (χ0n) is 24.8. The highest BCUT2D eigenvalue weighted by atomic mass is 32.2. The minimum atomic E-state index is -3.97. The zero-order chi connectivity index (χ0) is 32.5. The van der Waals surface area contributed by atoms with Gasteiger partial charge in [0.25, 0.3) is 15.9 Å². The molecule has 0 spiro atoms. The van der Waals surface area contributed by atoms with E-state index in [1.807, 2.05) is 0 Å². The molecule has 2 amide bonds. The van der Waals surface area contributed by atoms with Gasteiger partial charge in [-0.25, -0.2) is 17.2 Å². The Morgan fingerprint density at radius 2 is 1.54 bits per heavy atom. The van der Waals surface area contributed by atoms with Crippen LogP contribution in [0.3, 0.4) is 0 Å². The Morgan fingerprint density at radius 1 is 0.891 bits per heavy atom. The summed E-state index contributed by atoms with van der Waals surface area (Å²) in [4.78, 5) is 28.8. The van der Waals surface area contributed by atoms with E-state index in [1.54, 1.807) is 42.5 Å². The second-order valence-electron chi connectivity index (χ2n) is 10.7. The van der Waals surface area contributed by atoms with Gasteiger partial charge < -0.3 is 19.7 Å². The van der Waals surface area contributed by atoms with Gasteiger partial charge in [0.05, 0.1) is 11.0 Å². The number of halogens is 2. The van der Waals surface area contributed by atoms with E-state index in [0.717, 1.165) is 25.0 Å². The van der Waals surface area contributed by atoms with Crippen molar-refractivity contribution in [3.8, 4) is 5.75 Å². The maximum Gasteiger partial charge on any atom is 0.261 e. The number of rotatable bonds is 13. The molecule has 1 aliphatic rings. The van der Waals surface area contributed by atoms with E-state index in [1.165, 1.54) is 53.4 Å². The smallest absolute Gasteiger partial charge is 0.261 e. The summed E-state index contributed by atoms with van der Waals surface area (Å²) >= 11 is 0. The van der Waals surface area contributed by atoms with Gasteiger partial charge in [-0.3, -0.25) is 14.3 Å². The molecule has 1 heterocycles. The summed E-state index contributed by atoms with van der Waals surface area (Å²) in [5.41, 5.74) is 1.37. The quantitative estimate of drug-likeness (QED) is 0.206. The van der Waals surface area contributed by atoms with E-state index in [2.05, 4.69) is 10.0 Å². The molecule has 4 aromatic rings. The molecule has 0 aliphatic carbocycles. The Kier molecular flexibility index (Phi) is 10.6. The molecule has 0 bridgehead atoms. The minimum Gasteiger partial charge on any atom is -0.484 e. The summed E-state index contributed by atoms with van der Waals surface area (Å²) in [5.74, 6) is -1.64. The highest BCUT2D eigenvalue weighted by Crippen LogP contribution is 2.26. The number of ether oxygens (including phenoxy) is 2. The van der Waals surface area contributed by atoms with Crippen LogP contribution in [0.25, 0.3) is 0 Å². The molecular weight excluding hydrogens is 616 g/mol. The molecule has 5 rings (SSSR count). The van der Waals surface area contributed by atoms with Gasteiger partial charge in [-0.1, -0.05) is 42.5 Å². The Labute approximate surface area is 266 Å². The molecule has 0 unspecified atom stereocenters. The zero-order valence-corrected chi connectivity index (χ0v) is 25.6. The molecule has 1 fully saturated rings. The number of nitrogens with one attached hydrogen (secondary N) is 2. The summed E-state index contributed by atoms with van der Waals surface area (Å²) in [6.07, 6.45) is 1.63. The number of carbonyl (C=O) groups is 2. The first kappa shape index (κ1) is 32.6. The third-order valence-electron chi connectivity index (χ3n) is 7.38. The summed E-state index contributed by atoms with van der Waals surface area (Å²) in [7, 11) is -3.97. The summed E-state index contributed by atoms with van der Waals surface area (Å²) < 4.78 is 66.2. The highest BCUT2D eigenvalue weighted by molar-refractivity contribution is 7.92. The molecule has 12 heteroatoms. The normalized spacial score (nSPS) is 15.1. The maximum absolute atomic E-state index is 13.8. The molecule has 0 aromatic heterocycles. The lowest BCUT2D eigenvalue weighted by Crippen LogP contribution is -2.46. The first-order valence-electron chi connectivity index (χ1n) is 14.7. The number of nitrogens with zero attached hydrogens (tertiary/aromatic N) is 1. The van der Waals surface area contributed by atoms with Gasteiger partial charge in [-0.15, -0.1) is 0 Å². The standard InChI is InChI=1S/C34H33F2N3O6S/c35-26-10-8-24(9-11-26)22-39(33(25-5-2-1-3-6-25)34(41)37-21-30-7-4-20-44-30)32(40)23-45-29-16-18-31(19-17-29)46(42,43)38-28-14-12-27(36)13-15-28/h1-3,5-6,8-19,30,33,38H,4,7,20-23H2,(H,37,41)/t30-,33+/m0/s1.